The number of nitrogens with zero attached hydrogens (tertiary/aromatic N) is 1. The quantitative estimate of drug-likeness (QED) is 0.697. The second-order valence-electron chi connectivity index (χ2n) is 2.41. The Morgan fingerprint density at radius 2 is 1.59 bits per heavy atom. The number of nitriles is 1. The molecule has 0 bridgehead atoms. The summed E-state index contributed by atoms with van der Waals surface area (Å²) in [6, 6.07) is 4.51. The van der Waals surface area contributed by atoms with Crippen LogP contribution in [0, 0.1) is 11.3 Å². The summed E-state index contributed by atoms with van der Waals surface area (Å²) >= 11 is 0. The summed E-state index contributed by atoms with van der Waals surface area (Å²) in [6.45, 7) is 8.00. The van der Waals surface area contributed by atoms with Gasteiger partial charge in [-0.3, -0.25) is 0 Å². The monoisotopic (exact) mass is 246 g/mol. The van der Waals surface area contributed by atoms with Crippen molar-refractivity contribution in [2.75, 3.05) is 5.73 Å². The first kappa shape index (κ1) is 17.7. The summed E-state index contributed by atoms with van der Waals surface area (Å²) in [6.07, 6.45) is -4.53. The maximum Gasteiger partial charge on any atom is 0.417 e. The molecule has 0 fully saturated rings. The van der Waals surface area contributed by atoms with Gasteiger partial charge in [0.1, 0.15) is 0 Å². The smallest absolute Gasteiger partial charge is 0.399 e. The summed E-state index contributed by atoms with van der Waals surface area (Å²) in [5, 5.41) is 8.38. The van der Waals surface area contributed by atoms with Crippen molar-refractivity contribution in [1.82, 2.24) is 0 Å². The Hall–Kier alpha value is -1.70. The molecule has 1 aromatic carbocycles. The Labute approximate surface area is 99.9 Å². The molecule has 0 aromatic heterocycles. The van der Waals surface area contributed by atoms with Crippen molar-refractivity contribution >= 4 is 5.69 Å². The number of nitrogen functional groups attached to an aromatic ring is 1. The van der Waals surface area contributed by atoms with Crippen molar-refractivity contribution in [3.05, 3.63) is 29.3 Å². The van der Waals surface area contributed by atoms with Crippen LogP contribution in [0.5, 0.6) is 0 Å². The summed E-state index contributed by atoms with van der Waals surface area (Å²) in [4.78, 5) is 0. The van der Waals surface area contributed by atoms with E-state index in [9.17, 15) is 13.2 Å². The molecule has 0 saturated carbocycles. The zero-order valence-corrected chi connectivity index (χ0v) is 10.4. The van der Waals surface area contributed by atoms with E-state index in [0.29, 0.717) is 0 Å². The van der Waals surface area contributed by atoms with Gasteiger partial charge in [-0.1, -0.05) is 27.7 Å². The highest BCUT2D eigenvalue weighted by Crippen LogP contribution is 2.32. The van der Waals surface area contributed by atoms with E-state index in [1.54, 1.807) is 0 Å². The molecule has 0 spiro atoms. The average molecular weight is 246 g/mol. The number of hydrogen-bond acceptors (Lipinski definition) is 2. The van der Waals surface area contributed by atoms with E-state index in [1.165, 1.54) is 12.1 Å². The SMILES string of the molecule is CC.CC.N#Cc1ccc(N)cc1C(F)(F)F. The zero-order chi connectivity index (χ0) is 14.1. The average Bonchev–Trinajstić information content (AvgIpc) is 2.33. The van der Waals surface area contributed by atoms with E-state index >= 15 is 0 Å². The summed E-state index contributed by atoms with van der Waals surface area (Å²) in [5.41, 5.74) is 3.76. The van der Waals surface area contributed by atoms with Gasteiger partial charge in [0.15, 0.2) is 0 Å². The molecule has 0 heterocycles. The third-order valence-corrected chi connectivity index (χ3v) is 1.47. The molecule has 17 heavy (non-hydrogen) atoms. The van der Waals surface area contributed by atoms with E-state index in [0.717, 1.165) is 12.1 Å². The molecule has 0 amide bonds. The Bertz CT molecular complexity index is 365. The number of halogens is 3. The third kappa shape index (κ3) is 5.81. The van der Waals surface area contributed by atoms with Crippen molar-refractivity contribution in [2.45, 2.75) is 33.9 Å². The van der Waals surface area contributed by atoms with Gasteiger partial charge in [-0.25, -0.2) is 0 Å². The Balaban J connectivity index is 0. The van der Waals surface area contributed by atoms with Crippen LogP contribution in [0.15, 0.2) is 18.2 Å². The Morgan fingerprint density at radius 3 is 1.94 bits per heavy atom. The van der Waals surface area contributed by atoms with Gasteiger partial charge >= 0.3 is 6.18 Å². The first-order chi connectivity index (χ1) is 7.95. The van der Waals surface area contributed by atoms with Crippen LogP contribution in [0.3, 0.4) is 0 Å². The predicted molar refractivity (Wildman–Crippen MR) is 63.3 cm³/mol. The van der Waals surface area contributed by atoms with E-state index < -0.39 is 17.3 Å². The molecule has 1 aromatic rings. The largest absolute Gasteiger partial charge is 0.417 e. The molecule has 2 nitrogen and oxygen atoms in total. The molecule has 0 saturated heterocycles. The number of benzene rings is 1. The van der Waals surface area contributed by atoms with Gasteiger partial charge in [0.25, 0.3) is 0 Å². The molecule has 0 aliphatic carbocycles. The normalized spacial score (nSPS) is 9.06. The first-order valence-electron chi connectivity index (χ1n) is 5.32. The van der Waals surface area contributed by atoms with Crippen molar-refractivity contribution < 1.29 is 13.2 Å². The second kappa shape index (κ2) is 8.45. The van der Waals surface area contributed by atoms with Gasteiger partial charge in [-0.2, -0.15) is 18.4 Å². The predicted octanol–water partition coefficient (Wildman–Crippen LogP) is 4.21. The van der Waals surface area contributed by atoms with Crippen molar-refractivity contribution in [3.8, 4) is 6.07 Å². The van der Waals surface area contributed by atoms with Crippen LogP contribution < -0.4 is 5.73 Å². The van der Waals surface area contributed by atoms with Gasteiger partial charge in [-0.15, -0.1) is 0 Å². The lowest BCUT2D eigenvalue weighted by molar-refractivity contribution is -0.137. The fourth-order valence-corrected chi connectivity index (χ4v) is 0.894. The maximum atomic E-state index is 12.2. The van der Waals surface area contributed by atoms with Crippen LogP contribution >= 0.6 is 0 Å². The van der Waals surface area contributed by atoms with E-state index in [4.69, 9.17) is 11.0 Å². The molecule has 0 atom stereocenters. The molecule has 96 valence electrons. The lowest BCUT2D eigenvalue weighted by Crippen LogP contribution is -2.08. The Kier molecular flexibility index (Phi) is 8.79. The van der Waals surface area contributed by atoms with Gasteiger partial charge in [0, 0.05) is 5.69 Å². The lowest BCUT2D eigenvalue weighted by Gasteiger charge is -2.08. The Morgan fingerprint density at radius 1 is 1.12 bits per heavy atom. The molecule has 0 aliphatic heterocycles. The summed E-state index contributed by atoms with van der Waals surface area (Å²) < 4.78 is 36.6. The highest BCUT2D eigenvalue weighted by molar-refractivity contribution is 5.50. The minimum absolute atomic E-state index is 0.00803. The molecule has 5 heteroatoms. The zero-order valence-electron chi connectivity index (χ0n) is 10.4. The minimum Gasteiger partial charge on any atom is -0.399 e. The van der Waals surface area contributed by atoms with Gasteiger partial charge in [-0.05, 0) is 18.2 Å². The summed E-state index contributed by atoms with van der Waals surface area (Å²) in [5.74, 6) is 0. The molecule has 1 rings (SSSR count). The van der Waals surface area contributed by atoms with E-state index in [2.05, 4.69) is 0 Å². The maximum absolute atomic E-state index is 12.2. The lowest BCUT2D eigenvalue weighted by atomic mass is 10.1. The van der Waals surface area contributed by atoms with Gasteiger partial charge in [0.05, 0.1) is 17.2 Å². The first-order valence-corrected chi connectivity index (χ1v) is 5.32. The highest BCUT2D eigenvalue weighted by Gasteiger charge is 2.33. The molecule has 0 radical (unpaired) electrons. The van der Waals surface area contributed by atoms with Crippen LogP contribution in [-0.2, 0) is 6.18 Å². The highest BCUT2D eigenvalue weighted by atomic mass is 19.4. The summed E-state index contributed by atoms with van der Waals surface area (Å²) in [7, 11) is 0. The molecule has 0 unspecified atom stereocenters. The molecular weight excluding hydrogens is 229 g/mol. The number of anilines is 1. The standard InChI is InChI=1S/C8H5F3N2.2C2H6/c9-8(10,11)7-3-6(13)2-1-5(7)4-12;2*1-2/h1-3H,13H2;2*1-2H3. The van der Waals surface area contributed by atoms with E-state index in [1.807, 2.05) is 27.7 Å². The van der Waals surface area contributed by atoms with Crippen LogP contribution in [0.2, 0.25) is 0 Å². The van der Waals surface area contributed by atoms with Crippen molar-refractivity contribution in [2.24, 2.45) is 0 Å². The number of alkyl halides is 3. The van der Waals surface area contributed by atoms with Crippen LogP contribution in [-0.4, -0.2) is 0 Å². The van der Waals surface area contributed by atoms with Gasteiger partial charge in [0.2, 0.25) is 0 Å². The fraction of sp³-hybridized carbons (Fsp3) is 0.417. The fourth-order valence-electron chi connectivity index (χ4n) is 0.894. The molecule has 2 N–H and O–H groups in total. The number of nitrogens with two attached hydrogens (primary N) is 1. The second-order valence-corrected chi connectivity index (χ2v) is 2.41. The van der Waals surface area contributed by atoms with Gasteiger partial charge < -0.3 is 5.73 Å². The van der Waals surface area contributed by atoms with Crippen LogP contribution in [0.4, 0.5) is 18.9 Å². The van der Waals surface area contributed by atoms with Crippen molar-refractivity contribution in [1.29, 1.82) is 5.26 Å². The third-order valence-electron chi connectivity index (χ3n) is 1.47. The number of rotatable bonds is 0. The van der Waals surface area contributed by atoms with E-state index in [-0.39, 0.29) is 5.69 Å². The molecule has 0 aliphatic rings. The van der Waals surface area contributed by atoms with Crippen LogP contribution in [0.25, 0.3) is 0 Å². The topological polar surface area (TPSA) is 49.8 Å². The minimum atomic E-state index is -4.53. The number of hydrogen-bond donors (Lipinski definition) is 1. The molecular formula is C12H17F3N2. The van der Waals surface area contributed by atoms with Crippen LogP contribution in [0.1, 0.15) is 38.8 Å². The van der Waals surface area contributed by atoms with Crippen molar-refractivity contribution in [3.63, 3.8) is 0 Å².